The van der Waals surface area contributed by atoms with Crippen LogP contribution in [0.3, 0.4) is 0 Å². The second-order valence-electron chi connectivity index (χ2n) is 7.88. The van der Waals surface area contributed by atoms with E-state index < -0.39 is 21.8 Å². The van der Waals surface area contributed by atoms with E-state index in [0.29, 0.717) is 29.0 Å². The van der Waals surface area contributed by atoms with Gasteiger partial charge in [0, 0.05) is 6.42 Å². The number of hydrogen-bond donors (Lipinski definition) is 1. The number of aryl methyl sites for hydroxylation is 1. The summed E-state index contributed by atoms with van der Waals surface area (Å²) in [6, 6.07) is 18.8. The Kier molecular flexibility index (Phi) is 6.65. The van der Waals surface area contributed by atoms with Crippen molar-refractivity contribution in [1.82, 2.24) is 9.55 Å². The molecule has 0 atom stereocenters. The topological polar surface area (TPSA) is 92.5 Å². The predicted octanol–water partition coefficient (Wildman–Crippen LogP) is 4.61. The van der Waals surface area contributed by atoms with Crippen LogP contribution in [0.2, 0.25) is 0 Å². The molecule has 3 aromatic carbocycles. The normalized spacial score (nSPS) is 11.6. The zero-order valence-corrected chi connectivity index (χ0v) is 19.4. The summed E-state index contributed by atoms with van der Waals surface area (Å²) in [5.74, 6) is -0.874. The number of aromatic nitrogens is 2. The summed E-state index contributed by atoms with van der Waals surface area (Å²) < 4.78 is 43.6. The van der Waals surface area contributed by atoms with Crippen LogP contribution in [0.4, 0.5) is 10.1 Å². The van der Waals surface area contributed by atoms with Crippen LogP contribution in [0, 0.1) is 5.82 Å². The molecule has 0 amide bonds. The molecule has 4 aromatic rings. The van der Waals surface area contributed by atoms with Gasteiger partial charge in [-0.15, -0.1) is 0 Å². The van der Waals surface area contributed by atoms with Gasteiger partial charge in [0.15, 0.2) is 0 Å². The number of imidazole rings is 1. The summed E-state index contributed by atoms with van der Waals surface area (Å²) in [4.78, 5) is 16.0. The number of carboxylic acid groups (broad SMARTS) is 1. The molecule has 0 bridgehead atoms. The van der Waals surface area contributed by atoms with Crippen LogP contribution in [0.5, 0.6) is 0 Å². The van der Waals surface area contributed by atoms with Crippen molar-refractivity contribution in [2.75, 3.05) is 4.31 Å². The van der Waals surface area contributed by atoms with Crippen LogP contribution >= 0.6 is 0 Å². The average Bonchev–Trinajstić information content (AvgIpc) is 3.14. The summed E-state index contributed by atoms with van der Waals surface area (Å²) in [5, 5.41) is 9.33. The Labute approximate surface area is 197 Å². The van der Waals surface area contributed by atoms with E-state index in [9.17, 15) is 22.7 Å². The van der Waals surface area contributed by atoms with Gasteiger partial charge in [-0.3, -0.25) is 9.10 Å². The maximum absolute atomic E-state index is 13.6. The average molecular weight is 482 g/mol. The monoisotopic (exact) mass is 481 g/mol. The first-order valence-corrected chi connectivity index (χ1v) is 12.3. The lowest BCUT2D eigenvalue weighted by atomic mass is 10.2. The van der Waals surface area contributed by atoms with Gasteiger partial charge in [0.2, 0.25) is 0 Å². The van der Waals surface area contributed by atoms with Gasteiger partial charge < -0.3 is 9.67 Å². The molecule has 0 aliphatic heterocycles. The van der Waals surface area contributed by atoms with Gasteiger partial charge in [0.05, 0.1) is 28.2 Å². The van der Waals surface area contributed by atoms with Gasteiger partial charge >= 0.3 is 5.97 Å². The number of nitrogens with zero attached hydrogens (tertiary/aromatic N) is 3. The van der Waals surface area contributed by atoms with Gasteiger partial charge in [-0.2, -0.15) is 0 Å². The molecule has 0 aliphatic rings. The minimum atomic E-state index is -4.03. The highest BCUT2D eigenvalue weighted by Gasteiger charge is 2.26. The highest BCUT2D eigenvalue weighted by molar-refractivity contribution is 7.92. The van der Waals surface area contributed by atoms with Gasteiger partial charge in [-0.1, -0.05) is 37.3 Å². The van der Waals surface area contributed by atoms with Crippen LogP contribution < -0.4 is 4.31 Å². The lowest BCUT2D eigenvalue weighted by Gasteiger charge is -2.25. The molecule has 34 heavy (non-hydrogen) atoms. The van der Waals surface area contributed by atoms with Gasteiger partial charge in [-0.05, 0) is 54.4 Å². The Bertz CT molecular complexity index is 1420. The summed E-state index contributed by atoms with van der Waals surface area (Å²) in [5.41, 5.74) is 2.28. The number of benzene rings is 3. The summed E-state index contributed by atoms with van der Waals surface area (Å²) >= 11 is 0. The molecule has 7 nitrogen and oxygen atoms in total. The first-order valence-electron chi connectivity index (χ1n) is 10.8. The van der Waals surface area contributed by atoms with Crippen LogP contribution in [0.1, 0.15) is 24.7 Å². The molecule has 1 aromatic heterocycles. The van der Waals surface area contributed by atoms with Crippen molar-refractivity contribution in [1.29, 1.82) is 0 Å². The molecule has 0 radical (unpaired) electrons. The second kappa shape index (κ2) is 9.64. The summed E-state index contributed by atoms with van der Waals surface area (Å²) in [6.45, 7) is 1.81. The molecule has 1 heterocycles. The van der Waals surface area contributed by atoms with Gasteiger partial charge in [-0.25, -0.2) is 17.8 Å². The molecular weight excluding hydrogens is 457 g/mol. The zero-order chi connectivity index (χ0) is 24.3. The van der Waals surface area contributed by atoms with E-state index in [4.69, 9.17) is 0 Å². The van der Waals surface area contributed by atoms with Crippen molar-refractivity contribution >= 4 is 32.7 Å². The molecule has 9 heteroatoms. The molecule has 0 spiro atoms. The van der Waals surface area contributed by atoms with Gasteiger partial charge in [0.25, 0.3) is 10.0 Å². The molecule has 1 N–H and O–H groups in total. The number of carboxylic acids is 1. The fourth-order valence-corrected chi connectivity index (χ4v) is 5.29. The lowest BCUT2D eigenvalue weighted by Crippen LogP contribution is -2.30. The van der Waals surface area contributed by atoms with Crippen LogP contribution in [-0.4, -0.2) is 29.0 Å². The number of carbonyl (C=O) groups is 1. The van der Waals surface area contributed by atoms with Crippen molar-refractivity contribution in [3.05, 3.63) is 90.0 Å². The van der Waals surface area contributed by atoms with E-state index in [1.165, 1.54) is 16.4 Å². The van der Waals surface area contributed by atoms with Crippen molar-refractivity contribution in [2.45, 2.75) is 37.8 Å². The van der Waals surface area contributed by atoms with Crippen LogP contribution in [0.15, 0.2) is 77.7 Å². The number of sulfonamides is 1. The fraction of sp³-hybridized carbons (Fsp3) is 0.200. The first kappa shape index (κ1) is 23.4. The second-order valence-corrected chi connectivity index (χ2v) is 9.74. The fourth-order valence-electron chi connectivity index (χ4n) is 3.85. The van der Waals surface area contributed by atoms with Crippen molar-refractivity contribution < 1.29 is 22.7 Å². The minimum Gasteiger partial charge on any atom is -0.480 e. The molecule has 0 aliphatic carbocycles. The third-order valence-corrected chi connectivity index (χ3v) is 7.22. The lowest BCUT2D eigenvalue weighted by molar-refractivity contribution is -0.137. The third kappa shape index (κ3) is 4.79. The summed E-state index contributed by atoms with van der Waals surface area (Å²) in [6.07, 6.45) is 1.38. The molecule has 0 saturated heterocycles. The maximum Gasteiger partial charge on any atom is 0.323 e. The van der Waals surface area contributed by atoms with Crippen molar-refractivity contribution in [2.24, 2.45) is 0 Å². The Morgan fingerprint density at radius 1 is 1.06 bits per heavy atom. The molecule has 0 saturated carbocycles. The van der Waals surface area contributed by atoms with E-state index in [1.807, 2.05) is 37.3 Å². The van der Waals surface area contributed by atoms with E-state index in [-0.39, 0.29) is 18.0 Å². The number of rotatable bonds is 9. The minimum absolute atomic E-state index is 0.0343. The molecule has 0 unspecified atom stereocenters. The van der Waals surface area contributed by atoms with E-state index in [0.717, 1.165) is 24.1 Å². The SMILES string of the molecule is CCCc1nc2cc(N(Cc3ccccc3)S(=O)(=O)c3ccc(F)cc3)ccc2n1CC(=O)O. The van der Waals surface area contributed by atoms with E-state index >= 15 is 0 Å². The Morgan fingerprint density at radius 2 is 1.76 bits per heavy atom. The first-order chi connectivity index (χ1) is 16.3. The quantitative estimate of drug-likeness (QED) is 0.377. The van der Waals surface area contributed by atoms with E-state index in [2.05, 4.69) is 4.98 Å². The standard InChI is InChI=1S/C25H24FN3O4S/c1-2-6-24-27-22-15-20(11-14-23(22)28(24)17-25(30)31)29(16-18-7-4-3-5-8-18)34(32,33)21-12-9-19(26)10-13-21/h3-5,7-15H,2,6,16-17H2,1H3,(H,30,31). The molecule has 0 fully saturated rings. The number of anilines is 1. The van der Waals surface area contributed by atoms with Crippen LogP contribution in [-0.2, 0) is 34.3 Å². The maximum atomic E-state index is 13.6. The largest absolute Gasteiger partial charge is 0.480 e. The number of halogens is 1. The predicted molar refractivity (Wildman–Crippen MR) is 128 cm³/mol. The Morgan fingerprint density at radius 3 is 2.41 bits per heavy atom. The van der Waals surface area contributed by atoms with Crippen LogP contribution in [0.25, 0.3) is 11.0 Å². The number of hydrogen-bond acceptors (Lipinski definition) is 4. The zero-order valence-electron chi connectivity index (χ0n) is 18.6. The molecule has 176 valence electrons. The van der Waals surface area contributed by atoms with E-state index in [1.54, 1.807) is 22.8 Å². The number of aliphatic carboxylic acids is 1. The smallest absolute Gasteiger partial charge is 0.323 e. The Balaban J connectivity index is 1.84. The Hall–Kier alpha value is -3.72. The van der Waals surface area contributed by atoms with Gasteiger partial charge in [0.1, 0.15) is 18.2 Å². The molecule has 4 rings (SSSR count). The summed E-state index contributed by atoms with van der Waals surface area (Å²) in [7, 11) is -4.03. The van der Waals surface area contributed by atoms with Crippen molar-refractivity contribution in [3.63, 3.8) is 0 Å². The third-order valence-electron chi connectivity index (χ3n) is 5.44. The highest BCUT2D eigenvalue weighted by atomic mass is 32.2. The molecular formula is C25H24FN3O4S. The highest BCUT2D eigenvalue weighted by Crippen LogP contribution is 2.30. The number of fused-ring (bicyclic) bond motifs is 1. The van der Waals surface area contributed by atoms with Crippen molar-refractivity contribution in [3.8, 4) is 0 Å².